The van der Waals surface area contributed by atoms with Crippen molar-refractivity contribution in [3.63, 3.8) is 0 Å². The maximum atomic E-state index is 9.11. The van der Waals surface area contributed by atoms with Crippen molar-refractivity contribution in [2.45, 2.75) is 0 Å². The number of fused-ring (bicyclic) bond motifs is 1. The average molecular weight is 423 g/mol. The summed E-state index contributed by atoms with van der Waals surface area (Å²) >= 11 is 0. The van der Waals surface area contributed by atoms with Gasteiger partial charge in [0.2, 0.25) is 0 Å². The molecule has 0 amide bonds. The summed E-state index contributed by atoms with van der Waals surface area (Å²) in [5.74, 6) is -2.61. The number of rotatable bonds is 4. The summed E-state index contributed by atoms with van der Waals surface area (Å²) in [6.45, 7) is 4.81. The fraction of sp³-hybridized carbons (Fsp3) is 0.261. The highest BCUT2D eigenvalue weighted by molar-refractivity contribution is 6.27. The number of hydrogen-bond acceptors (Lipinski definition) is 6. The van der Waals surface area contributed by atoms with Crippen molar-refractivity contribution in [1.29, 1.82) is 0 Å². The number of pyridine rings is 1. The number of carboxylic acid groups (broad SMARTS) is 2. The minimum Gasteiger partial charge on any atom is -0.473 e. The summed E-state index contributed by atoms with van der Waals surface area (Å²) in [5.41, 5.74) is 3.50. The van der Waals surface area contributed by atoms with Gasteiger partial charge in [-0.2, -0.15) is 0 Å². The fourth-order valence-corrected chi connectivity index (χ4v) is 3.52. The third-order valence-electron chi connectivity index (χ3n) is 5.08. The average Bonchev–Trinajstić information content (AvgIpc) is 2.80. The van der Waals surface area contributed by atoms with E-state index >= 15 is 0 Å². The number of piperazine rings is 1. The van der Waals surface area contributed by atoms with E-state index in [1.165, 1.54) is 16.5 Å². The van der Waals surface area contributed by atoms with Crippen LogP contribution in [0.1, 0.15) is 0 Å². The zero-order valence-electron chi connectivity index (χ0n) is 17.0. The Morgan fingerprint density at radius 1 is 0.871 bits per heavy atom. The standard InChI is InChI=1S/C21H23N3O.C2H2O4/c25-15-14-23-10-12-24(13-11-23)21-16-19(17-6-2-1-3-7-17)18-8-4-5-9-20(18)22-21;3-1(4)2(5)6/h1-9,16,25H,10-15H2;(H,3,4)(H,5,6). The Bertz CT molecular complexity index is 1020. The van der Waals surface area contributed by atoms with Gasteiger partial charge in [0, 0.05) is 38.1 Å². The molecule has 1 aromatic heterocycles. The molecule has 0 radical (unpaired) electrons. The van der Waals surface area contributed by atoms with E-state index in [9.17, 15) is 0 Å². The van der Waals surface area contributed by atoms with Crippen molar-refractivity contribution < 1.29 is 24.9 Å². The summed E-state index contributed by atoms with van der Waals surface area (Å²) in [4.78, 5) is 27.8. The maximum Gasteiger partial charge on any atom is 0.414 e. The van der Waals surface area contributed by atoms with Gasteiger partial charge in [-0.25, -0.2) is 14.6 Å². The molecule has 1 aliphatic heterocycles. The number of anilines is 1. The van der Waals surface area contributed by atoms with Crippen molar-refractivity contribution in [2.75, 3.05) is 44.2 Å². The van der Waals surface area contributed by atoms with Crippen LogP contribution in [0.3, 0.4) is 0 Å². The van der Waals surface area contributed by atoms with Gasteiger partial charge in [0.1, 0.15) is 5.82 Å². The zero-order valence-corrected chi connectivity index (χ0v) is 17.0. The van der Waals surface area contributed by atoms with Crippen LogP contribution in [-0.4, -0.2) is 76.5 Å². The predicted molar refractivity (Wildman–Crippen MR) is 118 cm³/mol. The number of aliphatic carboxylic acids is 2. The molecule has 8 heteroatoms. The van der Waals surface area contributed by atoms with Crippen molar-refractivity contribution in [3.05, 3.63) is 60.7 Å². The van der Waals surface area contributed by atoms with E-state index in [0.29, 0.717) is 0 Å². The molecule has 162 valence electrons. The van der Waals surface area contributed by atoms with Crippen LogP contribution < -0.4 is 4.90 Å². The molecule has 0 saturated carbocycles. The Balaban J connectivity index is 0.000000401. The van der Waals surface area contributed by atoms with Crippen LogP contribution in [0.2, 0.25) is 0 Å². The molecule has 3 aromatic rings. The van der Waals surface area contributed by atoms with Gasteiger partial charge in [-0.15, -0.1) is 0 Å². The van der Waals surface area contributed by atoms with Crippen molar-refractivity contribution in [2.24, 2.45) is 0 Å². The number of aliphatic hydroxyl groups is 1. The van der Waals surface area contributed by atoms with E-state index in [1.54, 1.807) is 0 Å². The van der Waals surface area contributed by atoms with Crippen LogP contribution >= 0.6 is 0 Å². The Labute approximate surface area is 180 Å². The van der Waals surface area contributed by atoms with Gasteiger partial charge >= 0.3 is 11.9 Å². The molecule has 0 atom stereocenters. The van der Waals surface area contributed by atoms with Crippen LogP contribution in [-0.2, 0) is 9.59 Å². The van der Waals surface area contributed by atoms with Crippen LogP contribution in [0.4, 0.5) is 5.82 Å². The van der Waals surface area contributed by atoms with E-state index in [2.05, 4.69) is 58.3 Å². The maximum absolute atomic E-state index is 9.11. The molecule has 31 heavy (non-hydrogen) atoms. The van der Waals surface area contributed by atoms with Crippen molar-refractivity contribution in [1.82, 2.24) is 9.88 Å². The van der Waals surface area contributed by atoms with Gasteiger partial charge < -0.3 is 20.2 Å². The normalized spacial score (nSPS) is 14.0. The molecule has 1 aliphatic rings. The molecular weight excluding hydrogens is 398 g/mol. The second-order valence-corrected chi connectivity index (χ2v) is 7.07. The number of benzene rings is 2. The molecule has 0 aliphatic carbocycles. The number of para-hydroxylation sites is 1. The van der Waals surface area contributed by atoms with Gasteiger partial charge in [0.25, 0.3) is 0 Å². The van der Waals surface area contributed by atoms with Gasteiger partial charge in [0.05, 0.1) is 12.1 Å². The third kappa shape index (κ3) is 5.78. The molecule has 1 fully saturated rings. The molecule has 3 N–H and O–H groups in total. The van der Waals surface area contributed by atoms with E-state index in [0.717, 1.165) is 44.1 Å². The fourth-order valence-electron chi connectivity index (χ4n) is 3.52. The van der Waals surface area contributed by atoms with E-state index < -0.39 is 11.9 Å². The Kier molecular flexibility index (Phi) is 7.53. The van der Waals surface area contributed by atoms with Crippen molar-refractivity contribution in [3.8, 4) is 11.1 Å². The van der Waals surface area contributed by atoms with Gasteiger partial charge in [-0.05, 0) is 23.3 Å². The molecule has 2 aromatic carbocycles. The summed E-state index contributed by atoms with van der Waals surface area (Å²) in [7, 11) is 0. The van der Waals surface area contributed by atoms with Gasteiger partial charge in [-0.1, -0.05) is 48.5 Å². The predicted octanol–water partition coefficient (Wildman–Crippen LogP) is 2.17. The number of β-amino-alcohol motifs (C(OH)–C–C–N with tert-alkyl or cyclic N) is 1. The minimum atomic E-state index is -1.82. The van der Waals surface area contributed by atoms with E-state index in [4.69, 9.17) is 29.9 Å². The molecule has 4 rings (SSSR count). The molecule has 0 bridgehead atoms. The second-order valence-electron chi connectivity index (χ2n) is 7.07. The highest BCUT2D eigenvalue weighted by Crippen LogP contribution is 2.31. The number of nitrogens with zero attached hydrogens (tertiary/aromatic N) is 3. The number of aromatic nitrogens is 1. The smallest absolute Gasteiger partial charge is 0.414 e. The van der Waals surface area contributed by atoms with E-state index in [1.807, 2.05) is 12.1 Å². The quantitative estimate of drug-likeness (QED) is 0.547. The second kappa shape index (κ2) is 10.5. The number of carbonyl (C=O) groups is 2. The highest BCUT2D eigenvalue weighted by atomic mass is 16.4. The largest absolute Gasteiger partial charge is 0.473 e. The lowest BCUT2D eigenvalue weighted by Crippen LogP contribution is -2.47. The van der Waals surface area contributed by atoms with Crippen molar-refractivity contribution >= 4 is 28.7 Å². The molecule has 8 nitrogen and oxygen atoms in total. The summed E-state index contributed by atoms with van der Waals surface area (Å²) in [5, 5.41) is 25.1. The number of hydrogen-bond donors (Lipinski definition) is 3. The molecule has 2 heterocycles. The number of carboxylic acids is 2. The first kappa shape index (κ1) is 22.2. The summed E-state index contributed by atoms with van der Waals surface area (Å²) in [6.07, 6.45) is 0. The monoisotopic (exact) mass is 423 g/mol. The first-order valence-corrected chi connectivity index (χ1v) is 9.99. The van der Waals surface area contributed by atoms with Gasteiger partial charge in [0.15, 0.2) is 0 Å². The lowest BCUT2D eigenvalue weighted by atomic mass is 10.0. The van der Waals surface area contributed by atoms with Crippen LogP contribution in [0.15, 0.2) is 60.7 Å². The summed E-state index contributed by atoms with van der Waals surface area (Å²) < 4.78 is 0. The first-order valence-electron chi connectivity index (χ1n) is 9.99. The Hall–Kier alpha value is -3.49. The summed E-state index contributed by atoms with van der Waals surface area (Å²) in [6, 6.07) is 21.1. The van der Waals surface area contributed by atoms with Crippen LogP contribution in [0, 0.1) is 0 Å². The van der Waals surface area contributed by atoms with Gasteiger partial charge in [-0.3, -0.25) is 4.90 Å². The molecule has 0 unspecified atom stereocenters. The molecule has 1 saturated heterocycles. The lowest BCUT2D eigenvalue weighted by molar-refractivity contribution is -0.159. The number of aliphatic hydroxyl groups excluding tert-OH is 1. The van der Waals surface area contributed by atoms with Crippen LogP contribution in [0.25, 0.3) is 22.0 Å². The highest BCUT2D eigenvalue weighted by Gasteiger charge is 2.19. The zero-order chi connectivity index (χ0) is 22.2. The lowest BCUT2D eigenvalue weighted by Gasteiger charge is -2.35. The molecular formula is C23H25N3O5. The topological polar surface area (TPSA) is 114 Å². The minimum absolute atomic E-state index is 0.229. The molecule has 0 spiro atoms. The Morgan fingerprint density at radius 3 is 2.10 bits per heavy atom. The SMILES string of the molecule is O=C(O)C(=O)O.OCCN1CCN(c2cc(-c3ccccc3)c3ccccc3n2)CC1. The van der Waals surface area contributed by atoms with Crippen LogP contribution in [0.5, 0.6) is 0 Å². The third-order valence-corrected chi connectivity index (χ3v) is 5.08. The van der Waals surface area contributed by atoms with E-state index in [-0.39, 0.29) is 6.61 Å². The first-order chi connectivity index (χ1) is 15.0. The Morgan fingerprint density at radius 2 is 1.48 bits per heavy atom.